The van der Waals surface area contributed by atoms with Crippen LogP contribution < -0.4 is 21.3 Å². The van der Waals surface area contributed by atoms with E-state index < -0.39 is 11.8 Å². The van der Waals surface area contributed by atoms with Gasteiger partial charge in [-0.3, -0.25) is 4.79 Å². The molecular formula is C28H32F2N8O. The molecule has 0 aliphatic rings. The molecule has 4 aromatic rings. The number of carbonyl (C=O) groups excluding carboxylic acids is 1. The standard InChI is InChI=1S/C28H32F2N8O/c1-6-32-15-19-10-20(12-21(11-19)28(4,29)30)27(39)35-22-8-7-17(2)23(13-22)36-26-9-18(3)37-38(26)25-14-24(31-5)33-16-34-25/h7-14,16,32,36H,6,15H2,1-5H3,(H,35,39)(H,31,33,34). The summed E-state index contributed by atoms with van der Waals surface area (Å²) in [7, 11) is 1.77. The molecule has 1 amide bonds. The molecule has 0 bridgehead atoms. The van der Waals surface area contributed by atoms with Crippen molar-refractivity contribution in [1.82, 2.24) is 25.1 Å². The van der Waals surface area contributed by atoms with Gasteiger partial charge in [0.1, 0.15) is 18.0 Å². The van der Waals surface area contributed by atoms with Gasteiger partial charge in [-0.2, -0.15) is 9.78 Å². The number of alkyl halides is 2. The Bertz CT molecular complexity index is 1480. The maximum absolute atomic E-state index is 14.2. The second-order valence-electron chi connectivity index (χ2n) is 9.29. The van der Waals surface area contributed by atoms with Gasteiger partial charge in [-0.25, -0.2) is 18.7 Å². The van der Waals surface area contributed by atoms with Crippen molar-refractivity contribution in [2.75, 3.05) is 29.5 Å². The number of nitrogens with one attached hydrogen (secondary N) is 4. The van der Waals surface area contributed by atoms with Crippen molar-refractivity contribution in [3.63, 3.8) is 0 Å². The Morgan fingerprint density at radius 1 is 1.05 bits per heavy atom. The summed E-state index contributed by atoms with van der Waals surface area (Å²) in [5, 5.41) is 16.9. The van der Waals surface area contributed by atoms with Crippen molar-refractivity contribution < 1.29 is 13.6 Å². The quantitative estimate of drug-likeness (QED) is 0.212. The molecule has 2 heterocycles. The molecule has 11 heteroatoms. The molecule has 2 aromatic heterocycles. The Balaban J connectivity index is 1.60. The monoisotopic (exact) mass is 534 g/mol. The van der Waals surface area contributed by atoms with Gasteiger partial charge in [0.25, 0.3) is 11.8 Å². The number of aryl methyl sites for hydroxylation is 2. The second-order valence-corrected chi connectivity index (χ2v) is 9.29. The lowest BCUT2D eigenvalue weighted by Gasteiger charge is -2.16. The molecule has 4 N–H and O–H groups in total. The van der Waals surface area contributed by atoms with Crippen LogP contribution in [0.5, 0.6) is 0 Å². The van der Waals surface area contributed by atoms with Gasteiger partial charge in [0.15, 0.2) is 5.82 Å². The molecule has 0 saturated carbocycles. The minimum absolute atomic E-state index is 0.162. The van der Waals surface area contributed by atoms with Crippen molar-refractivity contribution >= 4 is 28.9 Å². The number of carbonyl (C=O) groups is 1. The third-order valence-electron chi connectivity index (χ3n) is 6.06. The Kier molecular flexibility index (Phi) is 8.20. The largest absolute Gasteiger partial charge is 0.373 e. The van der Waals surface area contributed by atoms with Gasteiger partial charge in [-0.05, 0) is 61.9 Å². The number of nitrogens with zero attached hydrogens (tertiary/aromatic N) is 4. The van der Waals surface area contributed by atoms with Crippen LogP contribution in [-0.2, 0) is 12.5 Å². The molecule has 0 radical (unpaired) electrons. The molecule has 9 nitrogen and oxygen atoms in total. The number of halogens is 2. The summed E-state index contributed by atoms with van der Waals surface area (Å²) in [6.07, 6.45) is 1.45. The van der Waals surface area contributed by atoms with Gasteiger partial charge >= 0.3 is 0 Å². The van der Waals surface area contributed by atoms with Crippen LogP contribution in [-0.4, -0.2) is 39.2 Å². The van der Waals surface area contributed by atoms with Gasteiger partial charge in [-0.1, -0.05) is 13.0 Å². The molecule has 204 valence electrons. The number of hydrogen-bond donors (Lipinski definition) is 4. The zero-order chi connectivity index (χ0) is 28.2. The summed E-state index contributed by atoms with van der Waals surface area (Å²) in [6, 6.07) is 13.4. The lowest BCUT2D eigenvalue weighted by atomic mass is 10.0. The first kappa shape index (κ1) is 27.6. The van der Waals surface area contributed by atoms with E-state index in [0.717, 1.165) is 23.9 Å². The van der Waals surface area contributed by atoms with Gasteiger partial charge < -0.3 is 21.3 Å². The van der Waals surface area contributed by atoms with Crippen molar-refractivity contribution in [2.45, 2.75) is 40.2 Å². The molecule has 0 spiro atoms. The third-order valence-corrected chi connectivity index (χ3v) is 6.06. The lowest BCUT2D eigenvalue weighted by molar-refractivity contribution is 0.0173. The molecule has 0 fully saturated rings. The third kappa shape index (κ3) is 6.74. The van der Waals surface area contributed by atoms with E-state index in [1.807, 2.05) is 32.9 Å². The molecule has 0 unspecified atom stereocenters. The van der Waals surface area contributed by atoms with Crippen LogP contribution in [0.2, 0.25) is 0 Å². The predicted molar refractivity (Wildman–Crippen MR) is 149 cm³/mol. The summed E-state index contributed by atoms with van der Waals surface area (Å²) in [5.74, 6) is -1.65. The van der Waals surface area contributed by atoms with Crippen LogP contribution in [0.1, 0.15) is 46.6 Å². The topological polar surface area (TPSA) is 109 Å². The second kappa shape index (κ2) is 11.6. The smallest absolute Gasteiger partial charge is 0.270 e. The van der Waals surface area contributed by atoms with E-state index in [0.29, 0.717) is 41.8 Å². The van der Waals surface area contributed by atoms with E-state index in [-0.39, 0.29) is 11.1 Å². The van der Waals surface area contributed by atoms with E-state index >= 15 is 0 Å². The highest BCUT2D eigenvalue weighted by Gasteiger charge is 2.26. The van der Waals surface area contributed by atoms with Crippen molar-refractivity contribution in [3.05, 3.63) is 82.8 Å². The molecule has 0 saturated heterocycles. The summed E-state index contributed by atoms with van der Waals surface area (Å²) in [6.45, 7) is 7.63. The molecule has 0 aliphatic carbocycles. The van der Waals surface area contributed by atoms with E-state index in [4.69, 9.17) is 0 Å². The molecule has 2 aromatic carbocycles. The number of hydrogen-bond acceptors (Lipinski definition) is 7. The zero-order valence-electron chi connectivity index (χ0n) is 22.6. The number of benzene rings is 2. The fourth-order valence-electron chi connectivity index (χ4n) is 3.99. The normalized spacial score (nSPS) is 11.4. The molecule has 39 heavy (non-hydrogen) atoms. The Morgan fingerprint density at radius 2 is 1.85 bits per heavy atom. The fraction of sp³-hybridized carbons (Fsp3) is 0.286. The van der Waals surface area contributed by atoms with E-state index in [2.05, 4.69) is 36.3 Å². The van der Waals surface area contributed by atoms with Crippen LogP contribution in [0.3, 0.4) is 0 Å². The summed E-state index contributed by atoms with van der Waals surface area (Å²) < 4.78 is 30.0. The minimum Gasteiger partial charge on any atom is -0.373 e. The maximum Gasteiger partial charge on any atom is 0.270 e. The molecule has 0 aliphatic heterocycles. The molecule has 0 atom stereocenters. The Morgan fingerprint density at radius 3 is 2.56 bits per heavy atom. The van der Waals surface area contributed by atoms with Gasteiger partial charge in [-0.15, -0.1) is 0 Å². The van der Waals surface area contributed by atoms with Gasteiger partial charge in [0.05, 0.1) is 5.69 Å². The van der Waals surface area contributed by atoms with Gasteiger partial charge in [0, 0.05) is 55.2 Å². The zero-order valence-corrected chi connectivity index (χ0v) is 22.6. The van der Waals surface area contributed by atoms with E-state index in [1.165, 1.54) is 18.5 Å². The summed E-state index contributed by atoms with van der Waals surface area (Å²) in [5.41, 5.74) is 3.53. The van der Waals surface area contributed by atoms with Crippen molar-refractivity contribution in [1.29, 1.82) is 0 Å². The van der Waals surface area contributed by atoms with E-state index in [9.17, 15) is 13.6 Å². The van der Waals surface area contributed by atoms with Gasteiger partial charge in [0.2, 0.25) is 0 Å². The predicted octanol–water partition coefficient (Wildman–Crippen LogP) is 5.54. The van der Waals surface area contributed by atoms with Crippen LogP contribution >= 0.6 is 0 Å². The van der Waals surface area contributed by atoms with Crippen LogP contribution in [0, 0.1) is 13.8 Å². The first-order valence-electron chi connectivity index (χ1n) is 12.6. The average molecular weight is 535 g/mol. The van der Waals surface area contributed by atoms with Crippen molar-refractivity contribution in [2.24, 2.45) is 0 Å². The summed E-state index contributed by atoms with van der Waals surface area (Å²) >= 11 is 0. The van der Waals surface area contributed by atoms with Crippen LogP contribution in [0.4, 0.5) is 31.8 Å². The number of amides is 1. The first-order chi connectivity index (χ1) is 18.6. The fourth-order valence-corrected chi connectivity index (χ4v) is 3.99. The minimum atomic E-state index is -3.07. The Labute approximate surface area is 226 Å². The highest BCUT2D eigenvalue weighted by Crippen LogP contribution is 2.30. The molecular weight excluding hydrogens is 502 g/mol. The van der Waals surface area contributed by atoms with Crippen LogP contribution in [0.15, 0.2) is 54.9 Å². The Hall–Kier alpha value is -4.38. The van der Waals surface area contributed by atoms with E-state index in [1.54, 1.807) is 36.0 Å². The number of anilines is 4. The SMILES string of the molecule is CCNCc1cc(C(=O)Nc2ccc(C)c(Nc3cc(C)nn3-c3cc(NC)ncn3)c2)cc(C(C)(F)F)c1. The average Bonchev–Trinajstić information content (AvgIpc) is 3.28. The maximum atomic E-state index is 14.2. The lowest BCUT2D eigenvalue weighted by Crippen LogP contribution is -2.18. The highest BCUT2D eigenvalue weighted by atomic mass is 19.3. The van der Waals surface area contributed by atoms with Crippen LogP contribution in [0.25, 0.3) is 5.82 Å². The highest BCUT2D eigenvalue weighted by molar-refractivity contribution is 6.04. The number of rotatable bonds is 10. The van der Waals surface area contributed by atoms with Crippen molar-refractivity contribution in [3.8, 4) is 5.82 Å². The molecule has 4 rings (SSSR count). The first-order valence-corrected chi connectivity index (χ1v) is 12.6. The summed E-state index contributed by atoms with van der Waals surface area (Å²) in [4.78, 5) is 21.6. The number of aromatic nitrogens is 4.